The van der Waals surface area contributed by atoms with Crippen molar-refractivity contribution in [3.05, 3.63) is 53.3 Å². The van der Waals surface area contributed by atoms with Crippen LogP contribution < -0.4 is 4.72 Å². The van der Waals surface area contributed by atoms with E-state index in [1.165, 1.54) is 19.3 Å². The van der Waals surface area contributed by atoms with Crippen LogP contribution in [0.3, 0.4) is 0 Å². The number of sulfonamides is 1. The number of fused-ring (bicyclic) bond motifs is 1. The summed E-state index contributed by atoms with van der Waals surface area (Å²) in [5, 5.41) is 9.33. The summed E-state index contributed by atoms with van der Waals surface area (Å²) >= 11 is 0. The molecular weight excluding hydrogens is 448 g/mol. The second-order valence-electron chi connectivity index (χ2n) is 9.81. The van der Waals surface area contributed by atoms with Gasteiger partial charge in [0, 0.05) is 25.8 Å². The topological polar surface area (TPSA) is 95.2 Å². The lowest BCUT2D eigenvalue weighted by atomic mass is 9.75. The zero-order chi connectivity index (χ0) is 24.3. The molecule has 1 aliphatic carbocycles. The van der Waals surface area contributed by atoms with Gasteiger partial charge in [0.1, 0.15) is 17.8 Å². The molecule has 0 radical (unpaired) electrons. The van der Waals surface area contributed by atoms with Crippen molar-refractivity contribution in [2.75, 3.05) is 13.1 Å². The fourth-order valence-corrected chi connectivity index (χ4v) is 7.03. The third-order valence-electron chi connectivity index (χ3n) is 7.43. The molecule has 7 nitrogen and oxygen atoms in total. The van der Waals surface area contributed by atoms with Crippen LogP contribution in [0.1, 0.15) is 55.3 Å². The molecule has 2 heterocycles. The molecule has 0 spiro atoms. The van der Waals surface area contributed by atoms with Crippen molar-refractivity contribution in [3.8, 4) is 6.07 Å². The molecule has 2 aliphatic rings. The molecule has 0 bridgehead atoms. The highest BCUT2D eigenvalue weighted by atomic mass is 32.2. The molecule has 34 heavy (non-hydrogen) atoms. The molecule has 2 aromatic rings. The van der Waals surface area contributed by atoms with Gasteiger partial charge >= 0.3 is 0 Å². The minimum atomic E-state index is -3.90. The number of amides is 1. The fraction of sp³-hybridized carbons (Fsp3) is 0.538. The standard InChI is InChI=1S/C26H34N4O3S/c1-19-9-10-20(2)25(16-19)34(32,33)28-24(12-15-29-13-5-8-23(29)17-27)26(31)30-14-11-21-6-3-4-7-22(21)18-30/h5,8-10,13,16,21-22,24,28H,3-4,6-7,11-12,14-15,18H2,1-2H3. The number of nitriles is 1. The lowest BCUT2D eigenvalue weighted by Gasteiger charge is -2.42. The Hall–Kier alpha value is -2.63. The average Bonchev–Trinajstić information content (AvgIpc) is 3.30. The van der Waals surface area contributed by atoms with Gasteiger partial charge in [-0.2, -0.15) is 9.98 Å². The molecule has 1 aromatic heterocycles. The monoisotopic (exact) mass is 482 g/mol. The summed E-state index contributed by atoms with van der Waals surface area (Å²) in [6.45, 7) is 5.37. The minimum absolute atomic E-state index is 0.163. The molecule has 1 saturated carbocycles. The van der Waals surface area contributed by atoms with Gasteiger partial charge < -0.3 is 9.47 Å². The first-order valence-corrected chi connectivity index (χ1v) is 13.7. The second kappa shape index (κ2) is 10.3. The van der Waals surface area contributed by atoms with E-state index in [0.717, 1.165) is 18.4 Å². The number of carbonyl (C=O) groups is 1. The number of hydrogen-bond acceptors (Lipinski definition) is 4. The quantitative estimate of drug-likeness (QED) is 0.650. The number of nitrogens with zero attached hydrogens (tertiary/aromatic N) is 3. The van der Waals surface area contributed by atoms with E-state index in [1.54, 1.807) is 42.0 Å². The van der Waals surface area contributed by atoms with Gasteiger partial charge in [0.05, 0.1) is 4.90 Å². The van der Waals surface area contributed by atoms with E-state index >= 15 is 0 Å². The zero-order valence-electron chi connectivity index (χ0n) is 20.0. The minimum Gasteiger partial charge on any atom is -0.341 e. The molecule has 3 atom stereocenters. The predicted octanol–water partition coefficient (Wildman–Crippen LogP) is 3.75. The summed E-state index contributed by atoms with van der Waals surface area (Å²) in [4.78, 5) is 15.7. The number of hydrogen-bond donors (Lipinski definition) is 1. The maximum atomic E-state index is 13.7. The number of rotatable bonds is 7. The molecule has 4 rings (SSSR count). The second-order valence-corrected chi connectivity index (χ2v) is 11.5. The number of aryl methyl sites for hydroxylation is 3. The van der Waals surface area contributed by atoms with Crippen LogP contribution in [0, 0.1) is 37.0 Å². The number of aromatic nitrogens is 1. The van der Waals surface area contributed by atoms with Gasteiger partial charge in [-0.25, -0.2) is 8.42 Å². The summed E-state index contributed by atoms with van der Waals surface area (Å²) in [6.07, 6.45) is 7.90. The Morgan fingerprint density at radius 1 is 1.18 bits per heavy atom. The van der Waals surface area contributed by atoms with E-state index in [1.807, 2.05) is 17.9 Å². The SMILES string of the molecule is Cc1ccc(C)c(S(=O)(=O)NC(CCn2cccc2C#N)C(=O)N2CCC3CCCCC3C2)c1. The first-order chi connectivity index (χ1) is 16.3. The van der Waals surface area contributed by atoms with Crippen molar-refractivity contribution >= 4 is 15.9 Å². The van der Waals surface area contributed by atoms with E-state index in [-0.39, 0.29) is 17.2 Å². The molecule has 1 N–H and O–H groups in total. The summed E-state index contributed by atoms with van der Waals surface area (Å²) in [6, 6.07) is 10.1. The summed E-state index contributed by atoms with van der Waals surface area (Å²) in [7, 11) is -3.90. The predicted molar refractivity (Wildman–Crippen MR) is 130 cm³/mol. The first kappa shape index (κ1) is 24.5. The number of nitrogens with one attached hydrogen (secondary N) is 1. The highest BCUT2D eigenvalue weighted by molar-refractivity contribution is 7.89. The van der Waals surface area contributed by atoms with Gasteiger partial charge in [-0.15, -0.1) is 0 Å². The van der Waals surface area contributed by atoms with E-state index in [9.17, 15) is 18.5 Å². The van der Waals surface area contributed by atoms with Crippen LogP contribution in [-0.4, -0.2) is 42.9 Å². The first-order valence-electron chi connectivity index (χ1n) is 12.2. The molecule has 2 fully saturated rings. The Balaban J connectivity index is 1.56. The highest BCUT2D eigenvalue weighted by Crippen LogP contribution is 2.36. The van der Waals surface area contributed by atoms with Gasteiger partial charge in [0.25, 0.3) is 0 Å². The lowest BCUT2D eigenvalue weighted by molar-refractivity contribution is -0.136. The average molecular weight is 483 g/mol. The van der Waals surface area contributed by atoms with Gasteiger partial charge in [-0.05, 0) is 74.3 Å². The van der Waals surface area contributed by atoms with Crippen molar-refractivity contribution < 1.29 is 13.2 Å². The molecule has 1 saturated heterocycles. The Bertz CT molecular complexity index is 1180. The van der Waals surface area contributed by atoms with E-state index in [4.69, 9.17) is 0 Å². The smallest absolute Gasteiger partial charge is 0.241 e. The van der Waals surface area contributed by atoms with Crippen LogP contribution >= 0.6 is 0 Å². The zero-order valence-corrected chi connectivity index (χ0v) is 20.9. The Kier molecular flexibility index (Phi) is 7.44. The van der Waals surface area contributed by atoms with Crippen LogP contribution in [0.5, 0.6) is 0 Å². The van der Waals surface area contributed by atoms with Crippen LogP contribution in [0.2, 0.25) is 0 Å². The molecule has 1 aromatic carbocycles. The van der Waals surface area contributed by atoms with Gasteiger partial charge in [-0.3, -0.25) is 4.79 Å². The Morgan fingerprint density at radius 3 is 2.71 bits per heavy atom. The molecule has 1 aliphatic heterocycles. The third-order valence-corrected chi connectivity index (χ3v) is 9.05. The number of piperidine rings is 1. The van der Waals surface area contributed by atoms with Gasteiger partial charge in [0.2, 0.25) is 15.9 Å². The van der Waals surface area contributed by atoms with Crippen LogP contribution in [0.4, 0.5) is 0 Å². The van der Waals surface area contributed by atoms with Gasteiger partial charge in [0.15, 0.2) is 0 Å². The molecule has 1 amide bonds. The van der Waals surface area contributed by atoms with Gasteiger partial charge in [-0.1, -0.05) is 31.4 Å². The molecule has 182 valence electrons. The normalized spacial score (nSPS) is 21.5. The highest BCUT2D eigenvalue weighted by Gasteiger charge is 2.36. The van der Waals surface area contributed by atoms with Crippen LogP contribution in [-0.2, 0) is 21.4 Å². The largest absolute Gasteiger partial charge is 0.341 e. The molecular formula is C26H34N4O3S. The van der Waals surface area contributed by atoms with Crippen molar-refractivity contribution in [1.29, 1.82) is 5.26 Å². The Morgan fingerprint density at radius 2 is 1.94 bits per heavy atom. The number of carbonyl (C=O) groups excluding carboxylic acids is 1. The molecule has 3 unspecified atom stereocenters. The summed E-state index contributed by atoms with van der Waals surface area (Å²) < 4.78 is 31.2. The molecule has 8 heteroatoms. The number of benzene rings is 1. The maximum Gasteiger partial charge on any atom is 0.241 e. The van der Waals surface area contributed by atoms with Crippen LogP contribution in [0.25, 0.3) is 0 Å². The van der Waals surface area contributed by atoms with Crippen molar-refractivity contribution in [3.63, 3.8) is 0 Å². The van der Waals surface area contributed by atoms with E-state index in [0.29, 0.717) is 42.7 Å². The van der Waals surface area contributed by atoms with Crippen molar-refractivity contribution in [2.24, 2.45) is 11.8 Å². The van der Waals surface area contributed by atoms with Crippen molar-refractivity contribution in [2.45, 2.75) is 69.9 Å². The summed E-state index contributed by atoms with van der Waals surface area (Å²) in [5.41, 5.74) is 1.98. The number of likely N-dealkylation sites (tertiary alicyclic amines) is 1. The lowest BCUT2D eigenvalue weighted by Crippen LogP contribution is -2.53. The Labute approximate surface area is 202 Å². The van der Waals surface area contributed by atoms with Crippen molar-refractivity contribution in [1.82, 2.24) is 14.2 Å². The third kappa shape index (κ3) is 5.37. The maximum absolute atomic E-state index is 13.7. The van der Waals surface area contributed by atoms with Crippen LogP contribution in [0.15, 0.2) is 41.4 Å². The fourth-order valence-electron chi connectivity index (χ4n) is 5.48. The van der Waals surface area contributed by atoms with E-state index in [2.05, 4.69) is 10.8 Å². The van der Waals surface area contributed by atoms with E-state index < -0.39 is 16.1 Å². The summed E-state index contributed by atoms with van der Waals surface area (Å²) in [5.74, 6) is 1.03.